The number of nitrogens with one attached hydrogen (secondary N) is 2. The van der Waals surface area contributed by atoms with Crippen LogP contribution in [0.4, 0.5) is 9.80 Å². The van der Waals surface area contributed by atoms with Gasteiger partial charge in [-0.2, -0.15) is 0 Å². The van der Waals surface area contributed by atoms with Gasteiger partial charge in [-0.1, -0.05) is 0 Å². The third-order valence-electron chi connectivity index (χ3n) is 4.41. The van der Waals surface area contributed by atoms with Gasteiger partial charge in [0.1, 0.15) is 5.00 Å². The van der Waals surface area contributed by atoms with Gasteiger partial charge in [0.15, 0.2) is 11.5 Å². The minimum atomic E-state index is -0.842. The number of carbonyl (C=O) groups excluding carboxylic acids is 3. The summed E-state index contributed by atoms with van der Waals surface area (Å²) in [5, 5.41) is 5.38. The lowest BCUT2D eigenvalue weighted by Gasteiger charge is -2.09. The van der Waals surface area contributed by atoms with Gasteiger partial charge >= 0.3 is 6.09 Å². The summed E-state index contributed by atoms with van der Waals surface area (Å²) in [7, 11) is 1.18. The standard InChI is InChI=1S/C18H16N2O6S/c1-24-18(23)20-16(22)14-10-3-2-4-13(10)27-17(14)19-15(21)9-5-6-11-12(7-9)26-8-25-11/h5-7H,2-4,8H2,1H3,(H,19,21)(H,20,22,23). The van der Waals surface area contributed by atoms with Crippen molar-refractivity contribution in [3.63, 3.8) is 0 Å². The number of hydrogen-bond donors (Lipinski definition) is 2. The molecule has 4 rings (SSSR count). The van der Waals surface area contributed by atoms with Gasteiger partial charge < -0.3 is 19.5 Å². The van der Waals surface area contributed by atoms with Crippen LogP contribution in [0.5, 0.6) is 11.5 Å². The van der Waals surface area contributed by atoms with Gasteiger partial charge in [0, 0.05) is 10.4 Å². The molecule has 1 aromatic heterocycles. The van der Waals surface area contributed by atoms with E-state index in [0.717, 1.165) is 29.7 Å². The lowest BCUT2D eigenvalue weighted by atomic mass is 10.1. The maximum absolute atomic E-state index is 12.7. The van der Waals surface area contributed by atoms with Crippen LogP contribution in [0, 0.1) is 0 Å². The molecule has 1 aromatic carbocycles. The Morgan fingerprint density at radius 3 is 2.74 bits per heavy atom. The topological polar surface area (TPSA) is 103 Å². The van der Waals surface area contributed by atoms with Gasteiger partial charge in [-0.3, -0.25) is 14.9 Å². The summed E-state index contributed by atoms with van der Waals surface area (Å²) >= 11 is 1.36. The van der Waals surface area contributed by atoms with Crippen molar-refractivity contribution < 1.29 is 28.6 Å². The second-order valence-corrected chi connectivity index (χ2v) is 7.13. The Balaban J connectivity index is 1.61. The van der Waals surface area contributed by atoms with E-state index in [4.69, 9.17) is 9.47 Å². The van der Waals surface area contributed by atoms with Crippen molar-refractivity contribution in [2.45, 2.75) is 19.3 Å². The Morgan fingerprint density at radius 2 is 1.93 bits per heavy atom. The van der Waals surface area contributed by atoms with Crippen molar-refractivity contribution in [1.29, 1.82) is 0 Å². The number of aryl methyl sites for hydroxylation is 1. The van der Waals surface area contributed by atoms with E-state index >= 15 is 0 Å². The number of amides is 3. The molecule has 0 saturated carbocycles. The maximum Gasteiger partial charge on any atom is 0.413 e. The third-order valence-corrected chi connectivity index (χ3v) is 5.62. The normalized spacial score (nSPS) is 13.8. The van der Waals surface area contributed by atoms with Crippen LogP contribution in [0.1, 0.15) is 37.6 Å². The fourth-order valence-corrected chi connectivity index (χ4v) is 4.43. The van der Waals surface area contributed by atoms with Crippen molar-refractivity contribution in [3.8, 4) is 11.5 Å². The summed E-state index contributed by atoms with van der Waals surface area (Å²) in [6, 6.07) is 4.88. The number of thiophene rings is 1. The SMILES string of the molecule is COC(=O)NC(=O)c1c(NC(=O)c2ccc3c(c2)OCO3)sc2c1CCC2. The Labute approximate surface area is 158 Å². The number of ether oxygens (including phenoxy) is 3. The lowest BCUT2D eigenvalue weighted by Crippen LogP contribution is -2.31. The van der Waals surface area contributed by atoms with Gasteiger partial charge in [-0.05, 0) is 43.0 Å². The quantitative estimate of drug-likeness (QED) is 0.838. The van der Waals surface area contributed by atoms with Crippen LogP contribution in [-0.4, -0.2) is 31.8 Å². The molecule has 0 atom stereocenters. The summed E-state index contributed by atoms with van der Waals surface area (Å²) in [4.78, 5) is 37.7. The van der Waals surface area contributed by atoms with Gasteiger partial charge in [-0.25, -0.2) is 4.79 Å². The van der Waals surface area contributed by atoms with Crippen LogP contribution < -0.4 is 20.1 Å². The molecule has 0 spiro atoms. The highest BCUT2D eigenvalue weighted by Crippen LogP contribution is 2.39. The molecule has 9 heteroatoms. The first-order valence-corrected chi connectivity index (χ1v) is 9.13. The first kappa shape index (κ1) is 17.3. The van der Waals surface area contributed by atoms with Crippen molar-refractivity contribution in [2.75, 3.05) is 19.2 Å². The predicted molar refractivity (Wildman–Crippen MR) is 96.7 cm³/mol. The van der Waals surface area contributed by atoms with Gasteiger partial charge in [0.2, 0.25) is 6.79 Å². The molecule has 140 valence electrons. The van der Waals surface area contributed by atoms with E-state index in [0.29, 0.717) is 27.6 Å². The van der Waals surface area contributed by atoms with Crippen molar-refractivity contribution in [3.05, 3.63) is 39.8 Å². The Kier molecular flexibility index (Phi) is 4.44. The Hall–Kier alpha value is -3.07. The number of methoxy groups -OCH3 is 1. The van der Waals surface area contributed by atoms with Crippen LogP contribution in [0.3, 0.4) is 0 Å². The van der Waals surface area contributed by atoms with E-state index in [1.165, 1.54) is 18.4 Å². The average Bonchev–Trinajstić information content (AvgIpc) is 3.35. The van der Waals surface area contributed by atoms with Gasteiger partial charge in [-0.15, -0.1) is 11.3 Å². The second-order valence-electron chi connectivity index (χ2n) is 6.03. The van der Waals surface area contributed by atoms with E-state index < -0.39 is 12.0 Å². The van der Waals surface area contributed by atoms with Gasteiger partial charge in [0.25, 0.3) is 11.8 Å². The van der Waals surface area contributed by atoms with Crippen LogP contribution in [-0.2, 0) is 17.6 Å². The van der Waals surface area contributed by atoms with E-state index in [-0.39, 0.29) is 12.7 Å². The van der Waals surface area contributed by atoms with Crippen molar-refractivity contribution in [1.82, 2.24) is 5.32 Å². The lowest BCUT2D eigenvalue weighted by molar-refractivity contribution is 0.0937. The van der Waals surface area contributed by atoms with Crippen LogP contribution in [0.25, 0.3) is 0 Å². The summed E-state index contributed by atoms with van der Waals surface area (Å²) in [6.07, 6.45) is 1.68. The maximum atomic E-state index is 12.7. The van der Waals surface area contributed by atoms with Crippen molar-refractivity contribution >= 4 is 34.2 Å². The summed E-state index contributed by atoms with van der Waals surface area (Å²) < 4.78 is 15.0. The van der Waals surface area contributed by atoms with Crippen LogP contribution in [0.2, 0.25) is 0 Å². The van der Waals surface area contributed by atoms with E-state index in [2.05, 4.69) is 15.4 Å². The number of hydrogen-bond acceptors (Lipinski definition) is 7. The molecule has 2 N–H and O–H groups in total. The van der Waals surface area contributed by atoms with Crippen LogP contribution in [0.15, 0.2) is 18.2 Å². The molecule has 8 nitrogen and oxygen atoms in total. The highest BCUT2D eigenvalue weighted by molar-refractivity contribution is 7.17. The van der Waals surface area contributed by atoms with E-state index in [9.17, 15) is 14.4 Å². The number of imide groups is 1. The molecule has 2 aromatic rings. The molecular weight excluding hydrogens is 372 g/mol. The third kappa shape index (κ3) is 3.21. The first-order valence-electron chi connectivity index (χ1n) is 8.31. The molecule has 0 saturated heterocycles. The second kappa shape index (κ2) is 6.92. The molecule has 1 aliphatic carbocycles. The zero-order chi connectivity index (χ0) is 19.0. The molecule has 0 bridgehead atoms. The summed E-state index contributed by atoms with van der Waals surface area (Å²) in [6.45, 7) is 0.121. The molecular formula is C18H16N2O6S. The zero-order valence-corrected chi connectivity index (χ0v) is 15.2. The predicted octanol–water partition coefficient (Wildman–Crippen LogP) is 2.71. The Bertz CT molecular complexity index is 952. The average molecular weight is 388 g/mol. The monoisotopic (exact) mass is 388 g/mol. The summed E-state index contributed by atoms with van der Waals surface area (Å²) in [5.41, 5.74) is 1.58. The molecule has 0 unspecified atom stereocenters. The fourth-order valence-electron chi connectivity index (χ4n) is 3.15. The minimum absolute atomic E-state index is 0.121. The van der Waals surface area contributed by atoms with E-state index in [1.54, 1.807) is 18.2 Å². The zero-order valence-electron chi connectivity index (χ0n) is 14.4. The molecule has 2 heterocycles. The number of alkyl carbamates (subject to hydrolysis) is 1. The number of rotatable bonds is 3. The van der Waals surface area contributed by atoms with Crippen LogP contribution >= 0.6 is 11.3 Å². The molecule has 3 amide bonds. The molecule has 0 fully saturated rings. The highest BCUT2D eigenvalue weighted by atomic mass is 32.1. The smallest absolute Gasteiger partial charge is 0.413 e. The van der Waals surface area contributed by atoms with Gasteiger partial charge in [0.05, 0.1) is 12.7 Å². The number of anilines is 1. The largest absolute Gasteiger partial charge is 0.454 e. The number of benzene rings is 1. The highest BCUT2D eigenvalue weighted by Gasteiger charge is 2.29. The number of fused-ring (bicyclic) bond motifs is 2. The summed E-state index contributed by atoms with van der Waals surface area (Å²) in [5.74, 6) is 0.127. The first-order chi connectivity index (χ1) is 13.1. The Morgan fingerprint density at radius 1 is 1.11 bits per heavy atom. The molecule has 0 radical (unpaired) electrons. The minimum Gasteiger partial charge on any atom is -0.454 e. The molecule has 1 aliphatic heterocycles. The van der Waals surface area contributed by atoms with E-state index in [1.807, 2.05) is 0 Å². The van der Waals surface area contributed by atoms with Crippen molar-refractivity contribution in [2.24, 2.45) is 0 Å². The fraction of sp³-hybridized carbons (Fsp3) is 0.278. The molecule has 2 aliphatic rings. The molecule has 27 heavy (non-hydrogen) atoms. The number of carbonyl (C=O) groups is 3.